The molecule has 1 heterocycles. The van der Waals surface area contributed by atoms with Gasteiger partial charge in [-0.2, -0.15) is 0 Å². The van der Waals surface area contributed by atoms with E-state index in [-0.39, 0.29) is 0 Å². The van der Waals surface area contributed by atoms with E-state index in [1.54, 1.807) is 0 Å². The van der Waals surface area contributed by atoms with E-state index in [1.165, 1.54) is 0 Å². The Morgan fingerprint density at radius 2 is 2.13 bits per heavy atom. The quantitative estimate of drug-likeness (QED) is 0.822. The predicted octanol–water partition coefficient (Wildman–Crippen LogP) is 2.54. The SMILES string of the molecule is Cn1cc(C(F)CCN)c2ccccc21. The lowest BCUT2D eigenvalue weighted by molar-refractivity contribution is 0.329. The molecule has 1 atom stereocenters. The van der Waals surface area contributed by atoms with Crippen molar-refractivity contribution in [1.82, 2.24) is 4.57 Å². The second-order valence-corrected chi connectivity index (χ2v) is 3.76. The van der Waals surface area contributed by atoms with Gasteiger partial charge in [-0.25, -0.2) is 4.39 Å². The minimum absolute atomic E-state index is 0.379. The Hall–Kier alpha value is -1.35. The molecule has 2 aromatic rings. The van der Waals surface area contributed by atoms with Crippen LogP contribution in [0.25, 0.3) is 10.9 Å². The number of benzene rings is 1. The Morgan fingerprint density at radius 3 is 2.87 bits per heavy atom. The summed E-state index contributed by atoms with van der Waals surface area (Å²) in [5, 5.41) is 0.987. The number of nitrogens with zero attached hydrogens (tertiary/aromatic N) is 1. The van der Waals surface area contributed by atoms with E-state index in [4.69, 9.17) is 5.73 Å². The van der Waals surface area contributed by atoms with Gasteiger partial charge in [0.15, 0.2) is 0 Å². The highest BCUT2D eigenvalue weighted by Crippen LogP contribution is 2.29. The topological polar surface area (TPSA) is 30.9 Å². The lowest BCUT2D eigenvalue weighted by Gasteiger charge is -2.04. The molecule has 0 amide bonds. The zero-order valence-corrected chi connectivity index (χ0v) is 8.78. The monoisotopic (exact) mass is 206 g/mol. The van der Waals surface area contributed by atoms with Gasteiger partial charge < -0.3 is 10.3 Å². The lowest BCUT2D eigenvalue weighted by Crippen LogP contribution is -2.03. The molecule has 0 spiro atoms. The Bertz CT molecular complexity index is 462. The van der Waals surface area contributed by atoms with Crippen LogP contribution in [-0.2, 0) is 7.05 Å². The van der Waals surface area contributed by atoms with E-state index in [0.717, 1.165) is 16.5 Å². The number of hydrogen-bond acceptors (Lipinski definition) is 1. The number of rotatable bonds is 3. The van der Waals surface area contributed by atoms with Gasteiger partial charge in [0.2, 0.25) is 0 Å². The number of halogens is 1. The van der Waals surface area contributed by atoms with Crippen molar-refractivity contribution in [3.05, 3.63) is 36.0 Å². The first-order valence-corrected chi connectivity index (χ1v) is 5.12. The molecule has 0 aliphatic rings. The highest BCUT2D eigenvalue weighted by Gasteiger charge is 2.14. The minimum atomic E-state index is -0.957. The molecule has 0 saturated heterocycles. The summed E-state index contributed by atoms with van der Waals surface area (Å²) in [7, 11) is 1.93. The van der Waals surface area contributed by atoms with Crippen molar-refractivity contribution in [3.8, 4) is 0 Å². The smallest absolute Gasteiger partial charge is 0.128 e. The van der Waals surface area contributed by atoms with Gasteiger partial charge in [0.1, 0.15) is 6.17 Å². The van der Waals surface area contributed by atoms with Crippen molar-refractivity contribution in [2.45, 2.75) is 12.6 Å². The molecule has 3 heteroatoms. The van der Waals surface area contributed by atoms with Crippen molar-refractivity contribution in [2.75, 3.05) is 6.54 Å². The molecule has 15 heavy (non-hydrogen) atoms. The van der Waals surface area contributed by atoms with Gasteiger partial charge in [0, 0.05) is 29.7 Å². The van der Waals surface area contributed by atoms with Crippen LogP contribution in [0.5, 0.6) is 0 Å². The van der Waals surface area contributed by atoms with Crippen LogP contribution >= 0.6 is 0 Å². The molecule has 0 radical (unpaired) electrons. The summed E-state index contributed by atoms with van der Waals surface area (Å²) in [5.74, 6) is 0. The average molecular weight is 206 g/mol. The van der Waals surface area contributed by atoms with Crippen molar-refractivity contribution < 1.29 is 4.39 Å². The first kappa shape index (κ1) is 10.2. The molecule has 1 aromatic carbocycles. The lowest BCUT2D eigenvalue weighted by atomic mass is 10.1. The number of alkyl halides is 1. The number of para-hydroxylation sites is 1. The van der Waals surface area contributed by atoms with Crippen LogP contribution in [0, 0.1) is 0 Å². The van der Waals surface area contributed by atoms with Gasteiger partial charge in [0.05, 0.1) is 0 Å². The van der Waals surface area contributed by atoms with Crippen LogP contribution in [0.2, 0.25) is 0 Å². The van der Waals surface area contributed by atoms with E-state index in [1.807, 2.05) is 42.1 Å². The van der Waals surface area contributed by atoms with Crippen molar-refractivity contribution in [2.24, 2.45) is 12.8 Å². The van der Waals surface area contributed by atoms with E-state index in [0.29, 0.717) is 13.0 Å². The maximum Gasteiger partial charge on any atom is 0.128 e. The van der Waals surface area contributed by atoms with Crippen LogP contribution in [-0.4, -0.2) is 11.1 Å². The largest absolute Gasteiger partial charge is 0.350 e. The second kappa shape index (κ2) is 4.03. The Kier molecular flexibility index (Phi) is 2.73. The maximum atomic E-state index is 13.8. The maximum absolute atomic E-state index is 13.8. The van der Waals surface area contributed by atoms with Crippen LogP contribution < -0.4 is 5.73 Å². The molecule has 0 fully saturated rings. The standard InChI is InChI=1S/C12H15FN2/c1-15-8-10(11(13)6-7-14)9-4-2-3-5-12(9)15/h2-5,8,11H,6-7,14H2,1H3. The van der Waals surface area contributed by atoms with Gasteiger partial charge in [-0.05, 0) is 19.0 Å². The van der Waals surface area contributed by atoms with Crippen LogP contribution in [0.15, 0.2) is 30.5 Å². The molecular weight excluding hydrogens is 191 g/mol. The summed E-state index contributed by atoms with van der Waals surface area (Å²) in [5.41, 5.74) is 7.18. The summed E-state index contributed by atoms with van der Waals surface area (Å²) in [6.45, 7) is 0.379. The molecule has 0 bridgehead atoms. The first-order valence-electron chi connectivity index (χ1n) is 5.12. The fraction of sp³-hybridized carbons (Fsp3) is 0.333. The van der Waals surface area contributed by atoms with E-state index >= 15 is 0 Å². The first-order chi connectivity index (χ1) is 7.24. The molecule has 1 unspecified atom stereocenters. The number of nitrogens with two attached hydrogens (primary N) is 1. The summed E-state index contributed by atoms with van der Waals surface area (Å²) >= 11 is 0. The molecule has 2 N–H and O–H groups in total. The Labute approximate surface area is 88.5 Å². The molecular formula is C12H15FN2. The third kappa shape index (κ3) is 1.75. The zero-order valence-electron chi connectivity index (χ0n) is 8.78. The van der Waals surface area contributed by atoms with Crippen molar-refractivity contribution in [3.63, 3.8) is 0 Å². The second-order valence-electron chi connectivity index (χ2n) is 3.76. The zero-order chi connectivity index (χ0) is 10.8. The number of aryl methyl sites for hydroxylation is 1. The summed E-state index contributed by atoms with van der Waals surface area (Å²) < 4.78 is 15.7. The highest BCUT2D eigenvalue weighted by atomic mass is 19.1. The number of fused-ring (bicyclic) bond motifs is 1. The van der Waals surface area contributed by atoms with Gasteiger partial charge in [0.25, 0.3) is 0 Å². The fourth-order valence-corrected chi connectivity index (χ4v) is 1.92. The third-order valence-electron chi connectivity index (χ3n) is 2.69. The molecule has 0 aliphatic carbocycles. The predicted molar refractivity (Wildman–Crippen MR) is 60.4 cm³/mol. The van der Waals surface area contributed by atoms with Crippen LogP contribution in [0.3, 0.4) is 0 Å². The fourth-order valence-electron chi connectivity index (χ4n) is 1.92. The molecule has 0 aliphatic heterocycles. The average Bonchev–Trinajstić information content (AvgIpc) is 2.58. The normalized spacial score (nSPS) is 13.3. The molecule has 2 nitrogen and oxygen atoms in total. The van der Waals surface area contributed by atoms with Crippen molar-refractivity contribution >= 4 is 10.9 Å². The molecule has 80 valence electrons. The minimum Gasteiger partial charge on any atom is -0.350 e. The summed E-state index contributed by atoms with van der Waals surface area (Å²) in [4.78, 5) is 0. The molecule has 1 aromatic heterocycles. The number of aromatic nitrogens is 1. The van der Waals surface area contributed by atoms with Gasteiger partial charge in [-0.3, -0.25) is 0 Å². The molecule has 0 saturated carbocycles. The van der Waals surface area contributed by atoms with Gasteiger partial charge in [-0.15, -0.1) is 0 Å². The van der Waals surface area contributed by atoms with E-state index in [9.17, 15) is 4.39 Å². The van der Waals surface area contributed by atoms with Crippen LogP contribution in [0.1, 0.15) is 18.2 Å². The Morgan fingerprint density at radius 1 is 1.40 bits per heavy atom. The van der Waals surface area contributed by atoms with E-state index < -0.39 is 6.17 Å². The third-order valence-corrected chi connectivity index (χ3v) is 2.69. The Balaban J connectivity index is 2.52. The van der Waals surface area contributed by atoms with E-state index in [2.05, 4.69) is 0 Å². The molecule has 2 rings (SSSR count). The number of hydrogen-bond donors (Lipinski definition) is 1. The van der Waals surface area contributed by atoms with Crippen molar-refractivity contribution in [1.29, 1.82) is 0 Å². The van der Waals surface area contributed by atoms with Gasteiger partial charge >= 0.3 is 0 Å². The summed E-state index contributed by atoms with van der Waals surface area (Å²) in [6, 6.07) is 7.84. The highest BCUT2D eigenvalue weighted by molar-refractivity contribution is 5.84. The van der Waals surface area contributed by atoms with Crippen LogP contribution in [0.4, 0.5) is 4.39 Å². The van der Waals surface area contributed by atoms with Gasteiger partial charge in [-0.1, -0.05) is 18.2 Å². The summed E-state index contributed by atoms with van der Waals surface area (Å²) in [6.07, 6.45) is 1.28.